The molecule has 0 saturated carbocycles. The number of hydrogen-bond acceptors (Lipinski definition) is 4. The summed E-state index contributed by atoms with van der Waals surface area (Å²) < 4.78 is 5.39. The quantitative estimate of drug-likeness (QED) is 0.690. The van der Waals surface area contributed by atoms with E-state index in [1.165, 1.54) is 10.6 Å². The second kappa shape index (κ2) is 9.46. The van der Waals surface area contributed by atoms with Crippen molar-refractivity contribution in [3.05, 3.63) is 53.6 Å². The van der Waals surface area contributed by atoms with Crippen molar-refractivity contribution < 1.29 is 14.3 Å². The Hall–Kier alpha value is -2.73. The molecule has 0 aliphatic carbocycles. The van der Waals surface area contributed by atoms with E-state index in [9.17, 15) is 9.59 Å². The highest BCUT2D eigenvalue weighted by Crippen LogP contribution is 2.34. The fourth-order valence-corrected chi connectivity index (χ4v) is 3.32. The third-order valence-electron chi connectivity index (χ3n) is 4.60. The highest BCUT2D eigenvalue weighted by atomic mass is 35.5. The van der Waals surface area contributed by atoms with Gasteiger partial charge in [-0.3, -0.25) is 14.5 Å². The van der Waals surface area contributed by atoms with Gasteiger partial charge in [-0.1, -0.05) is 29.8 Å². The number of ether oxygens (including phenoxy) is 1. The van der Waals surface area contributed by atoms with Crippen LogP contribution in [0.25, 0.3) is 0 Å². The summed E-state index contributed by atoms with van der Waals surface area (Å²) in [5, 5.41) is 3.38. The van der Waals surface area contributed by atoms with Crippen LogP contribution < -0.4 is 19.9 Å². The summed E-state index contributed by atoms with van der Waals surface area (Å²) in [6, 6.07) is 15.2. The maximum atomic E-state index is 12.3. The van der Waals surface area contributed by atoms with E-state index >= 15 is 0 Å². The molecule has 0 unspecified atom stereocenters. The summed E-state index contributed by atoms with van der Waals surface area (Å²) in [4.78, 5) is 28.2. The van der Waals surface area contributed by atoms with Crippen molar-refractivity contribution in [3.8, 4) is 5.75 Å². The molecule has 28 heavy (non-hydrogen) atoms. The highest BCUT2D eigenvalue weighted by Gasteiger charge is 2.27. The third kappa shape index (κ3) is 4.95. The van der Waals surface area contributed by atoms with E-state index < -0.39 is 0 Å². The molecule has 0 aromatic heterocycles. The third-order valence-corrected chi connectivity index (χ3v) is 4.83. The lowest BCUT2D eigenvalue weighted by molar-refractivity contribution is -0.125. The van der Waals surface area contributed by atoms with E-state index in [-0.39, 0.29) is 25.0 Å². The number of anilines is 2. The summed E-state index contributed by atoms with van der Waals surface area (Å²) in [5.74, 6) is 0.0911. The summed E-state index contributed by atoms with van der Waals surface area (Å²) in [6.07, 6.45) is 0.813. The van der Waals surface area contributed by atoms with Crippen LogP contribution in [0.1, 0.15) is 13.3 Å². The van der Waals surface area contributed by atoms with E-state index in [0.717, 1.165) is 19.5 Å². The Morgan fingerprint density at radius 1 is 1.25 bits per heavy atom. The van der Waals surface area contributed by atoms with Crippen molar-refractivity contribution in [1.29, 1.82) is 0 Å². The minimum absolute atomic E-state index is 0.0499. The largest absolute Gasteiger partial charge is 0.482 e. The van der Waals surface area contributed by atoms with E-state index in [2.05, 4.69) is 29.3 Å². The number of carbonyl (C=O) groups excluding carboxylic acids is 2. The van der Waals surface area contributed by atoms with Crippen molar-refractivity contribution >= 4 is 34.8 Å². The van der Waals surface area contributed by atoms with Crippen LogP contribution in [-0.2, 0) is 9.59 Å². The van der Waals surface area contributed by atoms with Crippen molar-refractivity contribution in [2.24, 2.45) is 0 Å². The molecular formula is C21H24ClN3O3. The summed E-state index contributed by atoms with van der Waals surface area (Å²) in [6.45, 7) is 4.27. The number of hydrogen-bond donors (Lipinski definition) is 1. The highest BCUT2D eigenvalue weighted by molar-refractivity contribution is 6.31. The zero-order chi connectivity index (χ0) is 19.9. The zero-order valence-electron chi connectivity index (χ0n) is 15.9. The lowest BCUT2D eigenvalue weighted by Crippen LogP contribution is -2.45. The molecule has 2 amide bonds. The fourth-order valence-electron chi connectivity index (χ4n) is 3.15. The molecule has 0 radical (unpaired) electrons. The SMILES string of the molecule is CCN(CCCNC(=O)CN1C(=O)COc2ccc(Cl)cc21)c1ccccc1. The van der Waals surface area contributed by atoms with Gasteiger partial charge < -0.3 is 15.0 Å². The molecule has 1 heterocycles. The van der Waals surface area contributed by atoms with Crippen molar-refractivity contribution in [2.75, 3.05) is 42.6 Å². The van der Waals surface area contributed by atoms with Gasteiger partial charge in [0.05, 0.1) is 5.69 Å². The van der Waals surface area contributed by atoms with E-state index in [1.807, 2.05) is 18.2 Å². The summed E-state index contributed by atoms with van der Waals surface area (Å²) in [5.41, 5.74) is 1.70. The minimum Gasteiger partial charge on any atom is -0.482 e. The number of benzene rings is 2. The Bertz CT molecular complexity index is 829. The van der Waals surface area contributed by atoms with Gasteiger partial charge in [0.25, 0.3) is 5.91 Å². The maximum Gasteiger partial charge on any atom is 0.265 e. The normalized spacial score (nSPS) is 12.9. The van der Waals surface area contributed by atoms with Crippen molar-refractivity contribution in [3.63, 3.8) is 0 Å². The van der Waals surface area contributed by atoms with Gasteiger partial charge in [-0.25, -0.2) is 0 Å². The van der Waals surface area contributed by atoms with Crippen LogP contribution in [-0.4, -0.2) is 44.6 Å². The molecule has 0 fully saturated rings. The van der Waals surface area contributed by atoms with Crippen LogP contribution in [0.15, 0.2) is 48.5 Å². The average molecular weight is 402 g/mol. The first-order valence-corrected chi connectivity index (χ1v) is 9.75. The summed E-state index contributed by atoms with van der Waals surface area (Å²) in [7, 11) is 0. The van der Waals surface area contributed by atoms with Crippen LogP contribution >= 0.6 is 11.6 Å². The molecule has 6 nitrogen and oxygen atoms in total. The number of carbonyl (C=O) groups is 2. The first-order valence-electron chi connectivity index (χ1n) is 9.38. The van der Waals surface area contributed by atoms with E-state index in [0.29, 0.717) is 23.0 Å². The number of halogens is 1. The smallest absolute Gasteiger partial charge is 0.265 e. The van der Waals surface area contributed by atoms with Gasteiger partial charge >= 0.3 is 0 Å². The lowest BCUT2D eigenvalue weighted by Gasteiger charge is -2.29. The van der Waals surface area contributed by atoms with Crippen LogP contribution in [0.4, 0.5) is 11.4 Å². The number of para-hydroxylation sites is 1. The molecule has 1 aliphatic rings. The molecule has 3 rings (SSSR count). The molecule has 2 aromatic rings. The van der Waals surface area contributed by atoms with Crippen LogP contribution in [0.2, 0.25) is 5.02 Å². The second-order valence-electron chi connectivity index (χ2n) is 6.50. The van der Waals surface area contributed by atoms with Gasteiger partial charge in [-0.2, -0.15) is 0 Å². The molecule has 1 N–H and O–H groups in total. The molecule has 148 valence electrons. The number of rotatable bonds is 8. The van der Waals surface area contributed by atoms with Crippen molar-refractivity contribution in [1.82, 2.24) is 5.32 Å². The van der Waals surface area contributed by atoms with Gasteiger partial charge in [-0.15, -0.1) is 0 Å². The first kappa shape index (κ1) is 20.0. The molecular weight excluding hydrogens is 378 g/mol. The van der Waals surface area contributed by atoms with Crippen LogP contribution in [0.3, 0.4) is 0 Å². The predicted octanol–water partition coefficient (Wildman–Crippen LogP) is 3.10. The molecule has 2 aromatic carbocycles. The number of nitrogens with one attached hydrogen (secondary N) is 1. The lowest BCUT2D eigenvalue weighted by atomic mass is 10.2. The number of amides is 2. The molecule has 1 aliphatic heterocycles. The zero-order valence-corrected chi connectivity index (χ0v) is 16.6. The van der Waals surface area contributed by atoms with E-state index in [4.69, 9.17) is 16.3 Å². The van der Waals surface area contributed by atoms with Crippen molar-refractivity contribution in [2.45, 2.75) is 13.3 Å². The number of fused-ring (bicyclic) bond motifs is 1. The summed E-state index contributed by atoms with van der Waals surface area (Å²) >= 11 is 6.02. The molecule has 0 bridgehead atoms. The van der Waals surface area contributed by atoms with Gasteiger partial charge in [0.15, 0.2) is 6.61 Å². The Balaban J connectivity index is 1.50. The Morgan fingerprint density at radius 3 is 2.79 bits per heavy atom. The Morgan fingerprint density at radius 2 is 2.04 bits per heavy atom. The minimum atomic E-state index is -0.258. The molecule has 0 atom stereocenters. The monoisotopic (exact) mass is 401 g/mol. The fraction of sp³-hybridized carbons (Fsp3) is 0.333. The number of nitrogens with zero attached hydrogens (tertiary/aromatic N) is 2. The topological polar surface area (TPSA) is 61.9 Å². The standard InChI is InChI=1S/C21H24ClN3O3/c1-2-24(17-7-4-3-5-8-17)12-6-11-23-20(26)14-25-18-13-16(22)9-10-19(18)28-15-21(25)27/h3-5,7-10,13H,2,6,11-12,14-15H2,1H3,(H,23,26). The predicted molar refractivity (Wildman–Crippen MR) is 111 cm³/mol. The first-order chi connectivity index (χ1) is 13.6. The average Bonchev–Trinajstić information content (AvgIpc) is 2.71. The van der Waals surface area contributed by atoms with Gasteiger partial charge in [0.1, 0.15) is 12.3 Å². The molecule has 0 saturated heterocycles. The van der Waals surface area contributed by atoms with E-state index in [1.54, 1.807) is 18.2 Å². The van der Waals surface area contributed by atoms with Crippen LogP contribution in [0, 0.1) is 0 Å². The van der Waals surface area contributed by atoms with Crippen LogP contribution in [0.5, 0.6) is 5.75 Å². The maximum absolute atomic E-state index is 12.3. The van der Waals surface area contributed by atoms with Gasteiger partial charge in [0.2, 0.25) is 5.91 Å². The van der Waals surface area contributed by atoms with Gasteiger partial charge in [0, 0.05) is 30.3 Å². The Labute approximate surface area is 170 Å². The molecule has 0 spiro atoms. The second-order valence-corrected chi connectivity index (χ2v) is 6.94. The van der Waals surface area contributed by atoms with Gasteiger partial charge in [-0.05, 0) is 43.7 Å². The molecule has 7 heteroatoms. The Kier molecular flexibility index (Phi) is 6.76.